The number of H-pyrrole nitrogens is 1. The fourth-order valence-corrected chi connectivity index (χ4v) is 4.92. The number of ether oxygens (including phenoxy) is 1. The van der Waals surface area contributed by atoms with Gasteiger partial charge in [0.15, 0.2) is 0 Å². The number of anilines is 1. The van der Waals surface area contributed by atoms with Crippen LogP contribution >= 0.6 is 27.3 Å². The third kappa shape index (κ3) is 4.50. The molecule has 4 N–H and O–H groups in total. The Bertz CT molecular complexity index is 1130. The van der Waals surface area contributed by atoms with E-state index in [1.807, 2.05) is 54.7 Å². The van der Waals surface area contributed by atoms with E-state index >= 15 is 0 Å². The molecule has 1 aromatic carbocycles. The first-order valence-corrected chi connectivity index (χ1v) is 10.7. The highest BCUT2D eigenvalue weighted by Crippen LogP contribution is 2.41. The minimum Gasteiger partial charge on any atom is -0.444 e. The first-order chi connectivity index (χ1) is 14.1. The number of nitrogens with zero attached hydrogens (tertiary/aromatic N) is 1. The summed E-state index contributed by atoms with van der Waals surface area (Å²) in [6, 6.07) is 15.6. The van der Waals surface area contributed by atoms with Gasteiger partial charge in [0.1, 0.15) is 11.8 Å². The topological polar surface area (TPSA) is 93.0 Å². The highest BCUT2D eigenvalue weighted by atomic mass is 79.9. The molecule has 148 valence electrons. The van der Waals surface area contributed by atoms with Crippen molar-refractivity contribution in [2.24, 2.45) is 5.73 Å². The van der Waals surface area contributed by atoms with Gasteiger partial charge < -0.3 is 15.5 Å². The van der Waals surface area contributed by atoms with Crippen LogP contribution in [0.5, 0.6) is 0 Å². The van der Waals surface area contributed by atoms with Crippen molar-refractivity contribution in [3.8, 4) is 10.4 Å². The Morgan fingerprint density at radius 3 is 2.90 bits per heavy atom. The van der Waals surface area contributed by atoms with Crippen LogP contribution in [0.25, 0.3) is 21.5 Å². The average Bonchev–Trinajstić information content (AvgIpc) is 3.34. The number of aromatic amines is 1. The second kappa shape index (κ2) is 8.77. The maximum Gasteiger partial charge on any atom is 0.412 e. The molecule has 8 heteroatoms. The summed E-state index contributed by atoms with van der Waals surface area (Å²) in [6.45, 7) is 0.254. The number of thiophene rings is 1. The van der Waals surface area contributed by atoms with Gasteiger partial charge in [-0.15, -0.1) is 11.3 Å². The van der Waals surface area contributed by atoms with Gasteiger partial charge >= 0.3 is 6.09 Å². The molecule has 29 heavy (non-hydrogen) atoms. The molecule has 0 aliphatic carbocycles. The number of fused-ring (bicyclic) bond motifs is 1. The zero-order valence-electron chi connectivity index (χ0n) is 15.4. The molecule has 4 rings (SSSR count). The molecule has 0 spiro atoms. The summed E-state index contributed by atoms with van der Waals surface area (Å²) in [7, 11) is 0. The molecule has 0 aliphatic rings. The van der Waals surface area contributed by atoms with Gasteiger partial charge in [-0.2, -0.15) is 0 Å². The predicted molar refractivity (Wildman–Crippen MR) is 120 cm³/mol. The Labute approximate surface area is 180 Å². The van der Waals surface area contributed by atoms with Gasteiger partial charge in [-0.05, 0) is 39.7 Å². The zero-order chi connectivity index (χ0) is 20.2. The van der Waals surface area contributed by atoms with Crippen molar-refractivity contribution >= 4 is 49.4 Å². The smallest absolute Gasteiger partial charge is 0.412 e. The number of hydrogen-bond acceptors (Lipinski definition) is 5. The lowest BCUT2D eigenvalue weighted by molar-refractivity contribution is 0.115. The number of pyridine rings is 1. The van der Waals surface area contributed by atoms with Gasteiger partial charge in [0, 0.05) is 40.8 Å². The molecule has 1 amide bonds. The number of hydrogen-bond donors (Lipinski definition) is 3. The molecule has 3 heterocycles. The zero-order valence-corrected chi connectivity index (χ0v) is 17.8. The monoisotopic (exact) mass is 470 g/mol. The van der Waals surface area contributed by atoms with Crippen molar-refractivity contribution in [2.45, 2.75) is 12.5 Å². The Balaban J connectivity index is 1.46. The van der Waals surface area contributed by atoms with Crippen LogP contribution in [-0.4, -0.2) is 28.7 Å². The third-order valence-electron chi connectivity index (χ3n) is 4.46. The lowest BCUT2D eigenvalue weighted by Gasteiger charge is -2.16. The molecule has 0 saturated carbocycles. The normalized spacial score (nSPS) is 12.1. The molecule has 1 atom stereocenters. The highest BCUT2D eigenvalue weighted by molar-refractivity contribution is 9.10. The number of halogens is 1. The number of carbonyl (C=O) groups excluding carboxylic acids is 1. The molecular formula is C21H19BrN4O2S. The van der Waals surface area contributed by atoms with Gasteiger partial charge in [0.25, 0.3) is 0 Å². The molecule has 1 unspecified atom stereocenters. The van der Waals surface area contributed by atoms with E-state index in [1.54, 1.807) is 6.20 Å². The van der Waals surface area contributed by atoms with Crippen molar-refractivity contribution in [1.29, 1.82) is 0 Å². The van der Waals surface area contributed by atoms with Crippen LogP contribution in [0.4, 0.5) is 9.80 Å². The first kappa shape index (κ1) is 19.6. The fourth-order valence-electron chi connectivity index (χ4n) is 3.10. The van der Waals surface area contributed by atoms with Crippen LogP contribution in [-0.2, 0) is 11.2 Å². The summed E-state index contributed by atoms with van der Waals surface area (Å²) < 4.78 is 6.42. The van der Waals surface area contributed by atoms with E-state index in [0.29, 0.717) is 11.4 Å². The minimum absolute atomic E-state index is 0.254. The van der Waals surface area contributed by atoms with E-state index < -0.39 is 6.09 Å². The summed E-state index contributed by atoms with van der Waals surface area (Å²) in [4.78, 5) is 20.8. The molecule has 0 bridgehead atoms. The van der Waals surface area contributed by atoms with Crippen LogP contribution in [0.15, 0.2) is 65.4 Å². The number of carbonyl (C=O) groups is 1. The molecule has 0 saturated heterocycles. The summed E-state index contributed by atoms with van der Waals surface area (Å²) in [5.41, 5.74) is 8.73. The van der Waals surface area contributed by atoms with Crippen molar-refractivity contribution in [3.63, 3.8) is 0 Å². The summed E-state index contributed by atoms with van der Waals surface area (Å²) in [6.07, 6.45) is 3.29. The number of amides is 1. The Morgan fingerprint density at radius 2 is 2.10 bits per heavy atom. The molecule has 0 aliphatic heterocycles. The average molecular weight is 471 g/mol. The number of aromatic nitrogens is 2. The standard InChI is InChI=1S/C21H19BrN4O2S/c22-17-11-18(29-19(17)15-6-8-24-20-16(15)7-9-25-20)26-21(27)28-14(12-23)10-13-4-2-1-3-5-13/h1-9,11,14H,10,12,23H2,(H,24,25)(H,26,27). The van der Waals surface area contributed by atoms with Crippen LogP contribution in [0, 0.1) is 0 Å². The Hall–Kier alpha value is -2.68. The van der Waals surface area contributed by atoms with Gasteiger partial charge in [-0.25, -0.2) is 9.78 Å². The number of benzene rings is 1. The number of rotatable bonds is 6. The first-order valence-electron chi connectivity index (χ1n) is 9.07. The van der Waals surface area contributed by atoms with Crippen LogP contribution in [0.2, 0.25) is 0 Å². The lowest BCUT2D eigenvalue weighted by atomic mass is 10.1. The summed E-state index contributed by atoms with van der Waals surface area (Å²) in [5, 5.41) is 4.52. The lowest BCUT2D eigenvalue weighted by Crippen LogP contribution is -2.30. The van der Waals surface area contributed by atoms with E-state index in [9.17, 15) is 4.79 Å². The van der Waals surface area contributed by atoms with E-state index in [1.165, 1.54) is 11.3 Å². The van der Waals surface area contributed by atoms with Crippen molar-refractivity contribution in [3.05, 3.63) is 71.0 Å². The van der Waals surface area contributed by atoms with E-state index in [4.69, 9.17) is 10.5 Å². The van der Waals surface area contributed by atoms with E-state index in [0.717, 1.165) is 31.5 Å². The van der Waals surface area contributed by atoms with Crippen LogP contribution in [0.1, 0.15) is 5.56 Å². The molecule has 4 aromatic rings. The molecular weight excluding hydrogens is 452 g/mol. The largest absolute Gasteiger partial charge is 0.444 e. The quantitative estimate of drug-likeness (QED) is 0.362. The highest BCUT2D eigenvalue weighted by Gasteiger charge is 2.17. The van der Waals surface area contributed by atoms with Gasteiger partial charge in [-0.3, -0.25) is 5.32 Å². The maximum absolute atomic E-state index is 12.4. The van der Waals surface area contributed by atoms with Crippen molar-refractivity contribution in [2.75, 3.05) is 11.9 Å². The SMILES string of the molecule is NCC(Cc1ccccc1)OC(=O)Nc1cc(Br)c(-c2ccnc3[nH]ccc23)s1. The second-order valence-electron chi connectivity index (χ2n) is 6.46. The van der Waals surface area contributed by atoms with Crippen LogP contribution < -0.4 is 11.1 Å². The van der Waals surface area contributed by atoms with E-state index in [2.05, 4.69) is 31.2 Å². The maximum atomic E-state index is 12.4. The Kier molecular flexibility index (Phi) is 5.94. The van der Waals surface area contributed by atoms with Crippen molar-refractivity contribution in [1.82, 2.24) is 9.97 Å². The molecule has 0 radical (unpaired) electrons. The van der Waals surface area contributed by atoms with Gasteiger partial charge in [-0.1, -0.05) is 30.3 Å². The third-order valence-corrected chi connectivity index (χ3v) is 6.43. The molecule has 3 aromatic heterocycles. The Morgan fingerprint density at radius 1 is 1.28 bits per heavy atom. The predicted octanol–water partition coefficient (Wildman–Crippen LogP) is 5.17. The van der Waals surface area contributed by atoms with Gasteiger partial charge in [0.2, 0.25) is 0 Å². The summed E-state index contributed by atoms with van der Waals surface area (Å²) >= 11 is 5.06. The molecule has 6 nitrogen and oxygen atoms in total. The fraction of sp³-hybridized carbons (Fsp3) is 0.143. The molecule has 0 fully saturated rings. The minimum atomic E-state index is -0.516. The second-order valence-corrected chi connectivity index (χ2v) is 8.37. The number of nitrogens with one attached hydrogen (secondary N) is 2. The van der Waals surface area contributed by atoms with Gasteiger partial charge in [0.05, 0.1) is 9.88 Å². The number of nitrogens with two attached hydrogens (primary N) is 1. The van der Waals surface area contributed by atoms with Crippen LogP contribution in [0.3, 0.4) is 0 Å². The van der Waals surface area contributed by atoms with Crippen molar-refractivity contribution < 1.29 is 9.53 Å². The van der Waals surface area contributed by atoms with E-state index in [-0.39, 0.29) is 12.6 Å². The summed E-state index contributed by atoms with van der Waals surface area (Å²) in [5.74, 6) is 0.